The Hall–Kier alpha value is -1.88. The molecule has 2 N–H and O–H groups in total. The zero-order valence-electron chi connectivity index (χ0n) is 11.4. The highest BCUT2D eigenvalue weighted by molar-refractivity contribution is 6.21. The third-order valence-electron chi connectivity index (χ3n) is 3.37. The lowest BCUT2D eigenvalue weighted by molar-refractivity contribution is -0.116. The van der Waals surface area contributed by atoms with Crippen LogP contribution >= 0.6 is 0 Å². The number of rotatable bonds is 4. The van der Waals surface area contributed by atoms with Gasteiger partial charge in [0.25, 0.3) is 0 Å². The molecule has 0 radical (unpaired) electrons. The molecule has 1 aliphatic carbocycles. The number of hydrogen-bond acceptors (Lipinski definition) is 5. The van der Waals surface area contributed by atoms with Crippen molar-refractivity contribution in [1.82, 2.24) is 0 Å². The lowest BCUT2D eigenvalue weighted by atomic mass is 9.85. The van der Waals surface area contributed by atoms with Crippen molar-refractivity contribution >= 4 is 11.4 Å². The average Bonchev–Trinajstić information content (AvgIpc) is 2.34. The summed E-state index contributed by atoms with van der Waals surface area (Å²) in [7, 11) is 0. The van der Waals surface area contributed by atoms with E-state index in [-0.39, 0.29) is 23.7 Å². The Bertz CT molecular complexity index is 597. The maximum Gasteiger partial charge on any atom is 0.339 e. The number of unbranched alkanes of at least 4 members (excludes halogenated alkanes) is 1. The van der Waals surface area contributed by atoms with E-state index >= 15 is 0 Å². The molecule has 5 heteroatoms. The molecule has 0 saturated heterocycles. The van der Waals surface area contributed by atoms with Gasteiger partial charge < -0.3 is 14.6 Å². The lowest BCUT2D eigenvalue weighted by Crippen LogP contribution is -2.23. The SMILES string of the molecule is CCCCC1=C(c2cc(O)cc(=O)o2)C(=O)CC(O)C1. The summed E-state index contributed by atoms with van der Waals surface area (Å²) < 4.78 is 5.04. The molecule has 1 aromatic rings. The van der Waals surface area contributed by atoms with Crippen molar-refractivity contribution in [2.24, 2.45) is 0 Å². The monoisotopic (exact) mass is 278 g/mol. The van der Waals surface area contributed by atoms with E-state index in [2.05, 4.69) is 0 Å². The van der Waals surface area contributed by atoms with Gasteiger partial charge in [-0.2, -0.15) is 0 Å². The molecule has 0 saturated carbocycles. The highest BCUT2D eigenvalue weighted by Gasteiger charge is 2.28. The number of ketones is 1. The average molecular weight is 278 g/mol. The quantitative estimate of drug-likeness (QED) is 0.879. The standard InChI is InChI=1S/C15H18O5/c1-2-3-4-9-5-10(16)6-12(18)15(9)13-7-11(17)8-14(19)20-13/h7-8,10,16-17H,2-6H2,1H3. The minimum absolute atomic E-state index is 0.0182. The normalized spacial score (nSPS) is 19.5. The van der Waals surface area contributed by atoms with Gasteiger partial charge in [0.1, 0.15) is 11.5 Å². The third-order valence-corrected chi connectivity index (χ3v) is 3.37. The Labute approximate surface area is 116 Å². The van der Waals surface area contributed by atoms with Crippen LogP contribution in [-0.4, -0.2) is 22.1 Å². The summed E-state index contributed by atoms with van der Waals surface area (Å²) in [6, 6.07) is 2.23. The molecular weight excluding hydrogens is 260 g/mol. The van der Waals surface area contributed by atoms with Crippen LogP contribution in [0, 0.1) is 0 Å². The molecule has 108 valence electrons. The van der Waals surface area contributed by atoms with Crippen LogP contribution in [0.4, 0.5) is 0 Å². The first-order valence-electron chi connectivity index (χ1n) is 6.79. The largest absolute Gasteiger partial charge is 0.508 e. The highest BCUT2D eigenvalue weighted by Crippen LogP contribution is 2.33. The molecule has 0 fully saturated rings. The fourth-order valence-corrected chi connectivity index (χ4v) is 2.49. The van der Waals surface area contributed by atoms with Crippen molar-refractivity contribution < 1.29 is 19.4 Å². The van der Waals surface area contributed by atoms with Crippen LogP contribution in [0.1, 0.15) is 44.8 Å². The Morgan fingerprint density at radius 2 is 2.05 bits per heavy atom. The number of Topliss-reactive ketones (excluding diaryl/α,β-unsaturated/α-hetero) is 1. The smallest absolute Gasteiger partial charge is 0.339 e. The van der Waals surface area contributed by atoms with Crippen LogP contribution in [-0.2, 0) is 4.79 Å². The van der Waals surface area contributed by atoms with E-state index in [1.807, 2.05) is 6.92 Å². The fraction of sp³-hybridized carbons (Fsp3) is 0.467. The molecule has 20 heavy (non-hydrogen) atoms. The molecule has 0 bridgehead atoms. The second kappa shape index (κ2) is 6.05. The van der Waals surface area contributed by atoms with Gasteiger partial charge in [-0.05, 0) is 19.3 Å². The number of aliphatic hydroxyl groups excluding tert-OH is 1. The van der Waals surface area contributed by atoms with Gasteiger partial charge in [0, 0.05) is 12.5 Å². The van der Waals surface area contributed by atoms with Crippen LogP contribution in [0.2, 0.25) is 0 Å². The Morgan fingerprint density at radius 3 is 2.70 bits per heavy atom. The third kappa shape index (κ3) is 3.17. The van der Waals surface area contributed by atoms with Gasteiger partial charge in [0.05, 0.1) is 17.7 Å². The first kappa shape index (κ1) is 14.5. The molecular formula is C15H18O5. The molecule has 1 atom stereocenters. The van der Waals surface area contributed by atoms with Crippen LogP contribution in [0.3, 0.4) is 0 Å². The van der Waals surface area contributed by atoms with E-state index in [9.17, 15) is 19.8 Å². The summed E-state index contributed by atoms with van der Waals surface area (Å²) in [4.78, 5) is 23.5. The van der Waals surface area contributed by atoms with Gasteiger partial charge in [-0.3, -0.25) is 4.79 Å². The van der Waals surface area contributed by atoms with E-state index in [1.165, 1.54) is 6.07 Å². The maximum absolute atomic E-state index is 12.1. The van der Waals surface area contributed by atoms with Crippen LogP contribution < -0.4 is 5.63 Å². The summed E-state index contributed by atoms with van der Waals surface area (Å²) in [6.07, 6.45) is 2.27. The van der Waals surface area contributed by atoms with Gasteiger partial charge in [-0.25, -0.2) is 4.79 Å². The van der Waals surface area contributed by atoms with E-state index in [4.69, 9.17) is 4.42 Å². The highest BCUT2D eigenvalue weighted by atomic mass is 16.4. The molecule has 1 aromatic heterocycles. The van der Waals surface area contributed by atoms with Gasteiger partial charge >= 0.3 is 5.63 Å². The van der Waals surface area contributed by atoms with E-state index in [0.29, 0.717) is 18.4 Å². The molecule has 5 nitrogen and oxygen atoms in total. The summed E-state index contributed by atoms with van der Waals surface area (Å²) >= 11 is 0. The molecule has 1 heterocycles. The fourth-order valence-electron chi connectivity index (χ4n) is 2.49. The predicted molar refractivity (Wildman–Crippen MR) is 73.3 cm³/mol. The predicted octanol–water partition coefficient (Wildman–Crippen LogP) is 2.01. The minimum atomic E-state index is -0.693. The summed E-state index contributed by atoms with van der Waals surface area (Å²) in [6.45, 7) is 2.04. The van der Waals surface area contributed by atoms with Crippen molar-refractivity contribution in [2.45, 2.75) is 45.1 Å². The minimum Gasteiger partial charge on any atom is -0.508 e. The van der Waals surface area contributed by atoms with Crippen LogP contribution in [0.15, 0.2) is 26.9 Å². The molecule has 1 unspecified atom stereocenters. The maximum atomic E-state index is 12.1. The van der Waals surface area contributed by atoms with Crippen molar-refractivity contribution in [3.8, 4) is 5.75 Å². The van der Waals surface area contributed by atoms with Crippen molar-refractivity contribution in [2.75, 3.05) is 0 Å². The zero-order valence-corrected chi connectivity index (χ0v) is 11.4. The first-order chi connectivity index (χ1) is 9.51. The second-order valence-electron chi connectivity index (χ2n) is 5.07. The van der Waals surface area contributed by atoms with Crippen LogP contribution in [0.25, 0.3) is 5.57 Å². The molecule has 0 aromatic carbocycles. The number of carbonyl (C=O) groups is 1. The number of allylic oxidation sites excluding steroid dienone is 1. The van der Waals surface area contributed by atoms with Crippen LogP contribution in [0.5, 0.6) is 5.75 Å². The Kier molecular flexibility index (Phi) is 4.39. The van der Waals surface area contributed by atoms with E-state index in [0.717, 1.165) is 24.5 Å². The second-order valence-corrected chi connectivity index (χ2v) is 5.07. The molecule has 1 aliphatic rings. The molecule has 0 spiro atoms. The number of hydrogen-bond donors (Lipinski definition) is 2. The van der Waals surface area contributed by atoms with E-state index < -0.39 is 11.7 Å². The van der Waals surface area contributed by atoms with Gasteiger partial charge in [0.2, 0.25) is 0 Å². The molecule has 0 aliphatic heterocycles. The summed E-state index contributed by atoms with van der Waals surface area (Å²) in [5.74, 6) is -0.376. The Balaban J connectivity index is 2.50. The number of carbonyl (C=O) groups excluding carboxylic acids is 1. The number of aliphatic hydroxyl groups is 1. The van der Waals surface area contributed by atoms with Gasteiger partial charge in [-0.1, -0.05) is 18.9 Å². The summed E-state index contributed by atoms with van der Waals surface area (Å²) in [5.41, 5.74) is 0.447. The molecule has 0 amide bonds. The molecule has 2 rings (SSSR count). The van der Waals surface area contributed by atoms with Gasteiger partial charge in [0.15, 0.2) is 5.78 Å². The van der Waals surface area contributed by atoms with E-state index in [1.54, 1.807) is 0 Å². The van der Waals surface area contributed by atoms with Crippen molar-refractivity contribution in [3.63, 3.8) is 0 Å². The topological polar surface area (TPSA) is 87.7 Å². The van der Waals surface area contributed by atoms with Crippen molar-refractivity contribution in [1.29, 1.82) is 0 Å². The summed E-state index contributed by atoms with van der Waals surface area (Å²) in [5, 5.41) is 19.2. The first-order valence-corrected chi connectivity index (χ1v) is 6.79. The Morgan fingerprint density at radius 1 is 1.30 bits per heavy atom. The zero-order chi connectivity index (χ0) is 14.7. The van der Waals surface area contributed by atoms with Gasteiger partial charge in [-0.15, -0.1) is 0 Å². The van der Waals surface area contributed by atoms with Crippen molar-refractivity contribution in [3.05, 3.63) is 33.9 Å². The lowest BCUT2D eigenvalue weighted by Gasteiger charge is -2.22. The number of aromatic hydroxyl groups is 1.